The molecule has 5 rings (SSSR count). The first-order chi connectivity index (χ1) is 16.5. The number of H-pyrrole nitrogens is 1. The third-order valence-corrected chi connectivity index (χ3v) is 6.31. The largest absolute Gasteiger partial charge is 0.462 e. The minimum atomic E-state index is -0.406. The Morgan fingerprint density at radius 3 is 2.65 bits per heavy atom. The van der Waals surface area contributed by atoms with Crippen molar-refractivity contribution in [2.75, 3.05) is 18.5 Å². The van der Waals surface area contributed by atoms with E-state index in [1.807, 2.05) is 17.0 Å². The summed E-state index contributed by atoms with van der Waals surface area (Å²) in [6.45, 7) is 4.70. The molecule has 2 amide bonds. The van der Waals surface area contributed by atoms with E-state index in [1.54, 1.807) is 31.2 Å². The van der Waals surface area contributed by atoms with Gasteiger partial charge in [-0.2, -0.15) is 0 Å². The van der Waals surface area contributed by atoms with Gasteiger partial charge in [-0.3, -0.25) is 0 Å². The van der Waals surface area contributed by atoms with E-state index in [0.29, 0.717) is 24.4 Å². The monoisotopic (exact) mass is 453 g/mol. The third-order valence-electron chi connectivity index (χ3n) is 6.31. The summed E-state index contributed by atoms with van der Waals surface area (Å²) in [5.41, 5.74) is 6.57. The van der Waals surface area contributed by atoms with E-state index in [2.05, 4.69) is 53.6 Å². The van der Waals surface area contributed by atoms with Crippen LogP contribution in [0.3, 0.4) is 0 Å². The molecule has 6 heteroatoms. The third kappa shape index (κ3) is 4.03. The number of carbonyl (C=O) groups excluding carboxylic acids is 2. The number of hydrogen-bond donors (Lipinski definition) is 2. The Hall–Kier alpha value is -4.06. The topological polar surface area (TPSA) is 74.4 Å². The molecule has 2 N–H and O–H groups in total. The van der Waals surface area contributed by atoms with Crippen molar-refractivity contribution in [3.05, 3.63) is 101 Å². The number of aromatic amines is 1. The highest BCUT2D eigenvalue weighted by Crippen LogP contribution is 2.38. The Bertz CT molecular complexity index is 1360. The van der Waals surface area contributed by atoms with Crippen LogP contribution in [-0.2, 0) is 11.2 Å². The predicted molar refractivity (Wildman–Crippen MR) is 133 cm³/mol. The van der Waals surface area contributed by atoms with Gasteiger partial charge in [0.25, 0.3) is 0 Å². The number of aromatic nitrogens is 1. The number of nitrogens with zero attached hydrogens (tertiary/aromatic N) is 1. The van der Waals surface area contributed by atoms with E-state index in [0.717, 1.165) is 23.2 Å². The van der Waals surface area contributed by atoms with E-state index in [9.17, 15) is 9.59 Å². The van der Waals surface area contributed by atoms with Gasteiger partial charge in [0.2, 0.25) is 0 Å². The minimum Gasteiger partial charge on any atom is -0.462 e. The number of aryl methyl sites for hydroxylation is 1. The molecule has 0 spiro atoms. The number of esters is 1. The maximum absolute atomic E-state index is 13.5. The smallest absolute Gasteiger partial charge is 0.338 e. The van der Waals surface area contributed by atoms with Gasteiger partial charge in [-0.25, -0.2) is 9.59 Å². The number of amides is 2. The number of benzene rings is 3. The summed E-state index contributed by atoms with van der Waals surface area (Å²) in [4.78, 5) is 31.1. The Kier molecular flexibility index (Phi) is 5.80. The molecule has 4 aromatic rings. The predicted octanol–water partition coefficient (Wildman–Crippen LogP) is 5.83. The van der Waals surface area contributed by atoms with Crippen LogP contribution in [0.5, 0.6) is 0 Å². The zero-order valence-electron chi connectivity index (χ0n) is 19.3. The lowest BCUT2D eigenvalue weighted by atomic mass is 9.92. The van der Waals surface area contributed by atoms with Crippen LogP contribution in [-0.4, -0.2) is 35.0 Å². The molecule has 34 heavy (non-hydrogen) atoms. The molecule has 3 aromatic carbocycles. The zero-order chi connectivity index (χ0) is 23.7. The number of rotatable bonds is 4. The number of nitrogens with one attached hydrogen (secondary N) is 2. The summed E-state index contributed by atoms with van der Waals surface area (Å²) in [5.74, 6) is -0.406. The first kappa shape index (κ1) is 21.8. The maximum Gasteiger partial charge on any atom is 0.338 e. The van der Waals surface area contributed by atoms with Crippen LogP contribution in [0.15, 0.2) is 72.8 Å². The van der Waals surface area contributed by atoms with Gasteiger partial charge < -0.3 is 19.9 Å². The van der Waals surface area contributed by atoms with Crippen LogP contribution in [0.1, 0.15) is 45.7 Å². The van der Waals surface area contributed by atoms with Crippen LogP contribution in [0.25, 0.3) is 10.9 Å². The van der Waals surface area contributed by atoms with Gasteiger partial charge in [0.05, 0.1) is 18.2 Å². The molecular formula is C28H27N3O3. The second kappa shape index (κ2) is 9.06. The standard InChI is InChI=1S/C28H27N3O3/c1-3-34-27(32)20-7-6-8-21(17-20)29-28(33)31-16-15-23-22-9-4-5-10-24(22)30-25(23)26(31)19-13-11-18(2)12-14-19/h4-14,17,26,30H,3,15-16H2,1-2H3,(H,29,33). The molecule has 1 aromatic heterocycles. The summed E-state index contributed by atoms with van der Waals surface area (Å²) >= 11 is 0. The number of fused-ring (bicyclic) bond motifs is 3. The van der Waals surface area contributed by atoms with E-state index in [1.165, 1.54) is 16.5 Å². The van der Waals surface area contributed by atoms with Crippen molar-refractivity contribution in [3.63, 3.8) is 0 Å². The van der Waals surface area contributed by atoms with E-state index >= 15 is 0 Å². The Morgan fingerprint density at radius 2 is 1.85 bits per heavy atom. The van der Waals surface area contributed by atoms with Gasteiger partial charge in [0.1, 0.15) is 0 Å². The second-order valence-electron chi connectivity index (χ2n) is 8.55. The van der Waals surface area contributed by atoms with Gasteiger partial charge >= 0.3 is 12.0 Å². The van der Waals surface area contributed by atoms with E-state index in [-0.39, 0.29) is 12.1 Å². The molecule has 0 bridgehead atoms. The molecule has 0 saturated carbocycles. The number of anilines is 1. The molecule has 1 aliphatic rings. The quantitative estimate of drug-likeness (QED) is 0.382. The van der Waals surface area contributed by atoms with Gasteiger partial charge in [0.15, 0.2) is 0 Å². The van der Waals surface area contributed by atoms with Crippen LogP contribution in [0.2, 0.25) is 0 Å². The van der Waals surface area contributed by atoms with Gasteiger partial charge in [-0.05, 0) is 55.7 Å². The van der Waals surface area contributed by atoms with Crippen molar-refractivity contribution < 1.29 is 14.3 Å². The number of ether oxygens (including phenoxy) is 1. The molecule has 2 heterocycles. The Morgan fingerprint density at radius 1 is 1.06 bits per heavy atom. The number of carbonyl (C=O) groups is 2. The molecule has 1 aliphatic heterocycles. The lowest BCUT2D eigenvalue weighted by Crippen LogP contribution is -2.43. The summed E-state index contributed by atoms with van der Waals surface area (Å²) < 4.78 is 5.09. The van der Waals surface area contributed by atoms with Crippen LogP contribution in [0.4, 0.5) is 10.5 Å². The SMILES string of the molecule is CCOC(=O)c1cccc(NC(=O)N2CCc3c([nH]c4ccccc34)C2c2ccc(C)cc2)c1. The molecule has 1 atom stereocenters. The first-order valence-corrected chi connectivity index (χ1v) is 11.6. The second-order valence-corrected chi connectivity index (χ2v) is 8.55. The van der Waals surface area contributed by atoms with Crippen LogP contribution in [0, 0.1) is 6.92 Å². The van der Waals surface area contributed by atoms with Gasteiger partial charge in [-0.1, -0.05) is 54.1 Å². The number of hydrogen-bond acceptors (Lipinski definition) is 3. The highest BCUT2D eigenvalue weighted by molar-refractivity contribution is 5.94. The molecule has 1 unspecified atom stereocenters. The highest BCUT2D eigenvalue weighted by Gasteiger charge is 2.34. The fraction of sp³-hybridized carbons (Fsp3) is 0.214. The number of para-hydroxylation sites is 1. The molecule has 0 saturated heterocycles. The minimum absolute atomic E-state index is 0.212. The van der Waals surface area contributed by atoms with Crippen molar-refractivity contribution in [1.29, 1.82) is 0 Å². The van der Waals surface area contributed by atoms with E-state index in [4.69, 9.17) is 4.74 Å². The highest BCUT2D eigenvalue weighted by atomic mass is 16.5. The molecule has 6 nitrogen and oxygen atoms in total. The average Bonchev–Trinajstić information content (AvgIpc) is 3.23. The fourth-order valence-electron chi connectivity index (χ4n) is 4.69. The summed E-state index contributed by atoms with van der Waals surface area (Å²) in [6, 6.07) is 23.0. The summed E-state index contributed by atoms with van der Waals surface area (Å²) in [5, 5.41) is 4.20. The average molecular weight is 454 g/mol. The van der Waals surface area contributed by atoms with Gasteiger partial charge in [-0.15, -0.1) is 0 Å². The Balaban J connectivity index is 1.50. The summed E-state index contributed by atoms with van der Waals surface area (Å²) in [7, 11) is 0. The van der Waals surface area contributed by atoms with Crippen molar-refractivity contribution in [3.8, 4) is 0 Å². The lowest BCUT2D eigenvalue weighted by Gasteiger charge is -2.36. The van der Waals surface area contributed by atoms with Crippen LogP contribution >= 0.6 is 0 Å². The molecule has 0 aliphatic carbocycles. The zero-order valence-corrected chi connectivity index (χ0v) is 19.3. The molecule has 172 valence electrons. The normalized spacial score (nSPS) is 15.1. The van der Waals surface area contributed by atoms with Crippen molar-refractivity contribution in [2.45, 2.75) is 26.3 Å². The fourth-order valence-corrected chi connectivity index (χ4v) is 4.69. The first-order valence-electron chi connectivity index (χ1n) is 11.6. The van der Waals surface area contributed by atoms with Crippen molar-refractivity contribution >= 4 is 28.6 Å². The van der Waals surface area contributed by atoms with Crippen molar-refractivity contribution in [2.24, 2.45) is 0 Å². The number of urea groups is 1. The van der Waals surface area contributed by atoms with Crippen molar-refractivity contribution in [1.82, 2.24) is 9.88 Å². The molecular weight excluding hydrogens is 426 g/mol. The summed E-state index contributed by atoms with van der Waals surface area (Å²) in [6.07, 6.45) is 0.762. The maximum atomic E-state index is 13.5. The van der Waals surface area contributed by atoms with Gasteiger partial charge in [0, 0.05) is 28.8 Å². The van der Waals surface area contributed by atoms with Crippen LogP contribution < -0.4 is 5.32 Å². The lowest BCUT2D eigenvalue weighted by molar-refractivity contribution is 0.0526. The molecule has 0 fully saturated rings. The molecule has 0 radical (unpaired) electrons. The van der Waals surface area contributed by atoms with E-state index < -0.39 is 5.97 Å². The Labute approximate surface area is 198 Å².